The van der Waals surface area contributed by atoms with Crippen molar-refractivity contribution in [2.24, 2.45) is 0 Å². The van der Waals surface area contributed by atoms with E-state index in [1.807, 2.05) is 16.7 Å². The molecule has 0 amide bonds. The van der Waals surface area contributed by atoms with E-state index in [1.54, 1.807) is 26.5 Å². The third kappa shape index (κ3) is 2.09. The van der Waals surface area contributed by atoms with Gasteiger partial charge in [-0.25, -0.2) is 9.97 Å². The molecule has 0 bridgehead atoms. The minimum Gasteiger partial charge on any atom is -0.288 e. The van der Waals surface area contributed by atoms with Crippen molar-refractivity contribution in [2.75, 3.05) is 27.2 Å². The van der Waals surface area contributed by atoms with E-state index in [1.165, 1.54) is 8.61 Å². The molecule has 0 N–H and O–H groups in total. The third-order valence-electron chi connectivity index (χ3n) is 3.69. The lowest BCUT2D eigenvalue weighted by Crippen LogP contribution is -2.38. The molecule has 108 valence electrons. The van der Waals surface area contributed by atoms with Crippen molar-refractivity contribution in [2.45, 2.75) is 12.3 Å². The summed E-state index contributed by atoms with van der Waals surface area (Å²) in [5, 5.41) is 0. The Balaban J connectivity index is 1.90. The van der Waals surface area contributed by atoms with Gasteiger partial charge in [-0.2, -0.15) is 17.0 Å². The summed E-state index contributed by atoms with van der Waals surface area (Å²) in [6, 6.07) is 1.94. The number of nitrogens with zero attached hydrogens (tertiary/aromatic N) is 5. The molecule has 3 heterocycles. The summed E-state index contributed by atoms with van der Waals surface area (Å²) in [5.74, 6) is 0.820. The summed E-state index contributed by atoms with van der Waals surface area (Å²) in [5.41, 5.74) is 1.06. The molecule has 8 heteroatoms. The van der Waals surface area contributed by atoms with E-state index >= 15 is 0 Å². The first-order valence-electron chi connectivity index (χ1n) is 6.45. The van der Waals surface area contributed by atoms with Crippen molar-refractivity contribution in [1.82, 2.24) is 23.0 Å². The van der Waals surface area contributed by atoms with Gasteiger partial charge in [0.25, 0.3) is 10.2 Å². The van der Waals surface area contributed by atoms with Gasteiger partial charge in [-0.05, 0) is 12.5 Å². The van der Waals surface area contributed by atoms with Crippen LogP contribution in [0, 0.1) is 0 Å². The lowest BCUT2D eigenvalue weighted by atomic mass is 10.0. The molecular weight excluding hydrogens is 278 g/mol. The van der Waals surface area contributed by atoms with Crippen molar-refractivity contribution < 1.29 is 8.42 Å². The van der Waals surface area contributed by atoms with Gasteiger partial charge < -0.3 is 0 Å². The lowest BCUT2D eigenvalue weighted by molar-refractivity contribution is 0.418. The molecule has 2 aromatic heterocycles. The zero-order valence-corrected chi connectivity index (χ0v) is 12.3. The molecule has 1 saturated heterocycles. The van der Waals surface area contributed by atoms with Crippen LogP contribution in [0.25, 0.3) is 5.78 Å². The number of fused-ring (bicyclic) bond motifs is 1. The summed E-state index contributed by atoms with van der Waals surface area (Å²) in [6.07, 6.45) is 6.10. The third-order valence-corrected chi connectivity index (χ3v) is 5.60. The van der Waals surface area contributed by atoms with E-state index in [9.17, 15) is 8.42 Å². The van der Waals surface area contributed by atoms with Crippen LogP contribution in [0.4, 0.5) is 0 Å². The SMILES string of the molecule is CN(C)S(=O)(=O)N1CC[C@@H](c2ccnc3nccn23)C1. The second kappa shape index (κ2) is 4.80. The lowest BCUT2D eigenvalue weighted by Gasteiger charge is -2.21. The Bertz CT molecular complexity index is 724. The van der Waals surface area contributed by atoms with Crippen LogP contribution in [0.15, 0.2) is 24.7 Å². The van der Waals surface area contributed by atoms with Crippen LogP contribution in [0.5, 0.6) is 0 Å². The summed E-state index contributed by atoms with van der Waals surface area (Å²) in [4.78, 5) is 8.34. The minimum atomic E-state index is -3.33. The summed E-state index contributed by atoms with van der Waals surface area (Å²) < 4.78 is 29.0. The molecule has 0 saturated carbocycles. The fraction of sp³-hybridized carbons (Fsp3) is 0.500. The minimum absolute atomic E-state index is 0.171. The van der Waals surface area contributed by atoms with Gasteiger partial charge in [0.2, 0.25) is 5.78 Å². The highest BCUT2D eigenvalue weighted by molar-refractivity contribution is 7.86. The predicted octanol–water partition coefficient (Wildman–Crippen LogP) is 0.325. The maximum absolute atomic E-state index is 12.1. The zero-order valence-electron chi connectivity index (χ0n) is 11.5. The highest BCUT2D eigenvalue weighted by Crippen LogP contribution is 2.29. The summed E-state index contributed by atoms with van der Waals surface area (Å²) in [7, 11) is -0.214. The van der Waals surface area contributed by atoms with Crippen LogP contribution < -0.4 is 0 Å². The Kier molecular flexibility index (Phi) is 3.23. The maximum atomic E-state index is 12.1. The van der Waals surface area contributed by atoms with Crippen LogP contribution in [-0.2, 0) is 10.2 Å². The van der Waals surface area contributed by atoms with Crippen LogP contribution >= 0.6 is 0 Å². The number of hydrogen-bond donors (Lipinski definition) is 0. The molecule has 0 radical (unpaired) electrons. The number of aromatic nitrogens is 3. The van der Waals surface area contributed by atoms with Crippen molar-refractivity contribution in [3.63, 3.8) is 0 Å². The molecule has 3 rings (SSSR count). The molecule has 1 aliphatic heterocycles. The highest BCUT2D eigenvalue weighted by Gasteiger charge is 2.34. The average Bonchev–Trinajstić information content (AvgIpc) is 3.07. The van der Waals surface area contributed by atoms with Gasteiger partial charge in [-0.15, -0.1) is 0 Å². The van der Waals surface area contributed by atoms with E-state index in [0.717, 1.165) is 12.1 Å². The summed E-state index contributed by atoms with van der Waals surface area (Å²) >= 11 is 0. The smallest absolute Gasteiger partial charge is 0.281 e. The normalized spacial score (nSPS) is 21.1. The number of imidazole rings is 1. The van der Waals surface area contributed by atoms with Crippen LogP contribution in [0.3, 0.4) is 0 Å². The van der Waals surface area contributed by atoms with E-state index < -0.39 is 10.2 Å². The Hall–Kier alpha value is -1.51. The van der Waals surface area contributed by atoms with Gasteiger partial charge in [-0.1, -0.05) is 0 Å². The van der Waals surface area contributed by atoms with Gasteiger partial charge in [0.15, 0.2) is 0 Å². The molecule has 0 aromatic carbocycles. The molecule has 0 aliphatic carbocycles. The zero-order chi connectivity index (χ0) is 14.3. The van der Waals surface area contributed by atoms with Gasteiger partial charge >= 0.3 is 0 Å². The molecule has 1 aliphatic rings. The first-order valence-corrected chi connectivity index (χ1v) is 7.85. The monoisotopic (exact) mass is 295 g/mol. The summed E-state index contributed by atoms with van der Waals surface area (Å²) in [6.45, 7) is 1.04. The standard InChI is InChI=1S/C12H17N5O2S/c1-15(2)20(18,19)16-7-4-10(9-16)11-3-5-13-12-14-6-8-17(11)12/h3,5-6,8,10H,4,7,9H2,1-2H3/t10-/m1/s1. The molecular formula is C12H17N5O2S. The van der Waals surface area contributed by atoms with Crippen molar-refractivity contribution in [1.29, 1.82) is 0 Å². The number of hydrogen-bond acceptors (Lipinski definition) is 4. The van der Waals surface area contributed by atoms with Gasteiger partial charge in [0.05, 0.1) is 0 Å². The van der Waals surface area contributed by atoms with E-state index in [0.29, 0.717) is 18.9 Å². The molecule has 7 nitrogen and oxygen atoms in total. The van der Waals surface area contributed by atoms with Crippen molar-refractivity contribution in [3.05, 3.63) is 30.4 Å². The highest BCUT2D eigenvalue weighted by atomic mass is 32.2. The second-order valence-corrected chi connectivity index (χ2v) is 7.24. The largest absolute Gasteiger partial charge is 0.288 e. The van der Waals surface area contributed by atoms with E-state index in [-0.39, 0.29) is 5.92 Å². The quantitative estimate of drug-likeness (QED) is 0.818. The molecule has 2 aromatic rings. The average molecular weight is 295 g/mol. The predicted molar refractivity (Wildman–Crippen MR) is 74.5 cm³/mol. The first kappa shape index (κ1) is 13.5. The van der Waals surface area contributed by atoms with Gasteiger partial charge in [0.1, 0.15) is 0 Å². The van der Waals surface area contributed by atoms with Gasteiger partial charge in [0, 0.05) is 57.4 Å². The maximum Gasteiger partial charge on any atom is 0.281 e. The van der Waals surface area contributed by atoms with Gasteiger partial charge in [-0.3, -0.25) is 4.40 Å². The van der Waals surface area contributed by atoms with Crippen LogP contribution in [-0.4, -0.2) is 58.6 Å². The Morgan fingerprint density at radius 2 is 2.05 bits per heavy atom. The fourth-order valence-electron chi connectivity index (χ4n) is 2.60. The molecule has 1 atom stereocenters. The molecule has 0 unspecified atom stereocenters. The fourth-order valence-corrected chi connectivity index (χ4v) is 3.76. The first-order chi connectivity index (χ1) is 9.50. The molecule has 1 fully saturated rings. The van der Waals surface area contributed by atoms with Crippen molar-refractivity contribution >= 4 is 16.0 Å². The topological polar surface area (TPSA) is 70.8 Å². The Labute approximate surface area is 118 Å². The van der Waals surface area contributed by atoms with Crippen molar-refractivity contribution in [3.8, 4) is 0 Å². The van der Waals surface area contributed by atoms with Crippen LogP contribution in [0.1, 0.15) is 18.0 Å². The van der Waals surface area contributed by atoms with E-state index in [2.05, 4.69) is 9.97 Å². The number of rotatable bonds is 3. The van der Waals surface area contributed by atoms with E-state index in [4.69, 9.17) is 0 Å². The molecule has 0 spiro atoms. The second-order valence-electron chi connectivity index (χ2n) is 5.10. The Morgan fingerprint density at radius 1 is 1.30 bits per heavy atom. The Morgan fingerprint density at radius 3 is 2.80 bits per heavy atom. The van der Waals surface area contributed by atoms with Crippen LogP contribution in [0.2, 0.25) is 0 Å². The molecule has 20 heavy (non-hydrogen) atoms.